The summed E-state index contributed by atoms with van der Waals surface area (Å²) in [7, 11) is 0. The van der Waals surface area contributed by atoms with E-state index in [0.717, 1.165) is 17.1 Å². The van der Waals surface area contributed by atoms with Crippen molar-refractivity contribution in [2.75, 3.05) is 0 Å². The molecular weight excluding hydrogens is 178 g/mol. The van der Waals surface area contributed by atoms with E-state index >= 15 is 0 Å². The van der Waals surface area contributed by atoms with Gasteiger partial charge in [-0.05, 0) is 25.0 Å². The third kappa shape index (κ3) is 1.19. The molecule has 2 N–H and O–H groups in total. The van der Waals surface area contributed by atoms with E-state index < -0.39 is 0 Å². The number of aromatic nitrogens is 2. The lowest BCUT2D eigenvalue weighted by molar-refractivity contribution is 0.523. The number of hydrogen-bond acceptors (Lipinski definition) is 4. The van der Waals surface area contributed by atoms with Gasteiger partial charge in [-0.3, -0.25) is 0 Å². The summed E-state index contributed by atoms with van der Waals surface area (Å²) in [5.41, 5.74) is 7.80. The summed E-state index contributed by atoms with van der Waals surface area (Å²) in [6.45, 7) is 0.440. The molecular formula is C10H11N3O. The molecule has 0 atom stereocenters. The van der Waals surface area contributed by atoms with Crippen molar-refractivity contribution in [3.63, 3.8) is 0 Å². The molecule has 4 heteroatoms. The molecule has 4 nitrogen and oxygen atoms in total. The molecule has 2 aromatic heterocycles. The molecule has 1 aliphatic rings. The first-order valence-corrected chi connectivity index (χ1v) is 4.83. The molecule has 0 aliphatic heterocycles. The summed E-state index contributed by atoms with van der Waals surface area (Å²) < 4.78 is 5.56. The third-order valence-corrected chi connectivity index (χ3v) is 2.47. The van der Waals surface area contributed by atoms with Crippen LogP contribution in [0.3, 0.4) is 0 Å². The van der Waals surface area contributed by atoms with Gasteiger partial charge in [0.25, 0.3) is 0 Å². The quantitative estimate of drug-likeness (QED) is 0.778. The Labute approximate surface area is 81.1 Å². The van der Waals surface area contributed by atoms with Crippen molar-refractivity contribution >= 4 is 11.2 Å². The van der Waals surface area contributed by atoms with E-state index in [-0.39, 0.29) is 0 Å². The minimum Gasteiger partial charge on any atom is -0.422 e. The normalized spacial score (nSPS) is 16.4. The zero-order valence-corrected chi connectivity index (χ0v) is 7.73. The Morgan fingerprint density at radius 1 is 1.36 bits per heavy atom. The number of fused-ring (bicyclic) bond motifs is 1. The number of nitrogens with two attached hydrogens (primary N) is 1. The molecule has 72 valence electrons. The molecule has 1 aliphatic carbocycles. The number of rotatable bonds is 2. The fourth-order valence-corrected chi connectivity index (χ4v) is 1.49. The summed E-state index contributed by atoms with van der Waals surface area (Å²) in [5.74, 6) is 1.37. The number of oxazole rings is 1. The number of hydrogen-bond donors (Lipinski definition) is 1. The van der Waals surface area contributed by atoms with Crippen LogP contribution in [-0.4, -0.2) is 9.97 Å². The van der Waals surface area contributed by atoms with E-state index in [1.54, 1.807) is 0 Å². The van der Waals surface area contributed by atoms with Gasteiger partial charge in [0.2, 0.25) is 11.6 Å². The molecule has 0 spiro atoms. The molecule has 1 fully saturated rings. The zero-order chi connectivity index (χ0) is 9.54. The molecule has 0 bridgehead atoms. The fourth-order valence-electron chi connectivity index (χ4n) is 1.49. The van der Waals surface area contributed by atoms with Crippen LogP contribution in [0.4, 0.5) is 0 Å². The van der Waals surface area contributed by atoms with E-state index in [9.17, 15) is 0 Å². The maximum atomic E-state index is 5.56. The molecule has 0 saturated heterocycles. The van der Waals surface area contributed by atoms with Gasteiger partial charge in [0, 0.05) is 12.5 Å². The molecule has 3 rings (SSSR count). The monoisotopic (exact) mass is 189 g/mol. The van der Waals surface area contributed by atoms with Crippen LogP contribution in [0.2, 0.25) is 0 Å². The van der Waals surface area contributed by atoms with Gasteiger partial charge in [0.05, 0.1) is 5.69 Å². The van der Waals surface area contributed by atoms with Crippen molar-refractivity contribution < 1.29 is 4.42 Å². The van der Waals surface area contributed by atoms with Gasteiger partial charge in [-0.1, -0.05) is 0 Å². The Balaban J connectivity index is 2.12. The van der Waals surface area contributed by atoms with Crippen molar-refractivity contribution in [3.8, 4) is 0 Å². The van der Waals surface area contributed by atoms with E-state index in [1.165, 1.54) is 12.8 Å². The predicted molar refractivity (Wildman–Crippen MR) is 51.7 cm³/mol. The highest BCUT2D eigenvalue weighted by molar-refractivity contribution is 5.68. The van der Waals surface area contributed by atoms with Gasteiger partial charge in [-0.15, -0.1) is 0 Å². The Morgan fingerprint density at radius 3 is 2.93 bits per heavy atom. The topological polar surface area (TPSA) is 64.9 Å². The van der Waals surface area contributed by atoms with Crippen molar-refractivity contribution in [1.29, 1.82) is 0 Å². The lowest BCUT2D eigenvalue weighted by Crippen LogP contribution is -1.98. The second kappa shape index (κ2) is 2.78. The van der Waals surface area contributed by atoms with Crippen molar-refractivity contribution in [3.05, 3.63) is 23.7 Å². The first-order chi connectivity index (χ1) is 6.86. The summed E-state index contributed by atoms with van der Waals surface area (Å²) in [4.78, 5) is 8.65. The van der Waals surface area contributed by atoms with E-state index in [1.807, 2.05) is 12.1 Å². The lowest BCUT2D eigenvalue weighted by Gasteiger charge is -1.91. The second-order valence-electron chi connectivity index (χ2n) is 3.66. The van der Waals surface area contributed by atoms with Crippen LogP contribution in [0.15, 0.2) is 16.5 Å². The number of pyridine rings is 1. The first-order valence-electron chi connectivity index (χ1n) is 4.83. The number of nitrogens with zero attached hydrogens (tertiary/aromatic N) is 2. The van der Waals surface area contributed by atoms with Crippen molar-refractivity contribution in [2.45, 2.75) is 25.3 Å². The maximum Gasteiger partial charge on any atom is 0.247 e. The van der Waals surface area contributed by atoms with E-state index in [2.05, 4.69) is 9.97 Å². The molecule has 0 amide bonds. The molecule has 14 heavy (non-hydrogen) atoms. The Kier molecular flexibility index (Phi) is 1.58. The minimum absolute atomic E-state index is 0.440. The minimum atomic E-state index is 0.440. The lowest BCUT2D eigenvalue weighted by atomic mass is 10.3. The standard InChI is InChI=1S/C10H11N3O/c11-5-7-3-4-8-10(12-7)14-9(13-8)6-1-2-6/h3-4,6H,1-2,5,11H2. The molecule has 2 aromatic rings. The van der Waals surface area contributed by atoms with Crippen LogP contribution in [-0.2, 0) is 6.54 Å². The van der Waals surface area contributed by atoms with Gasteiger partial charge >= 0.3 is 0 Å². The Hall–Kier alpha value is -1.42. The largest absolute Gasteiger partial charge is 0.422 e. The van der Waals surface area contributed by atoms with E-state index in [4.69, 9.17) is 10.2 Å². The van der Waals surface area contributed by atoms with Crippen LogP contribution in [0.5, 0.6) is 0 Å². The van der Waals surface area contributed by atoms with Crippen molar-refractivity contribution in [1.82, 2.24) is 9.97 Å². The highest BCUT2D eigenvalue weighted by atomic mass is 16.4. The fraction of sp³-hybridized carbons (Fsp3) is 0.400. The van der Waals surface area contributed by atoms with Gasteiger partial charge in [-0.2, -0.15) is 0 Å². The first kappa shape index (κ1) is 7.94. The van der Waals surface area contributed by atoms with Crippen molar-refractivity contribution in [2.24, 2.45) is 5.73 Å². The average Bonchev–Trinajstić information content (AvgIpc) is 2.97. The SMILES string of the molecule is NCc1ccc2nc(C3CC3)oc2n1. The van der Waals surface area contributed by atoms with Gasteiger partial charge in [-0.25, -0.2) is 9.97 Å². The van der Waals surface area contributed by atoms with Crippen LogP contribution in [0.1, 0.15) is 30.3 Å². The molecule has 0 radical (unpaired) electrons. The zero-order valence-electron chi connectivity index (χ0n) is 7.73. The van der Waals surface area contributed by atoms with Crippen LogP contribution in [0.25, 0.3) is 11.2 Å². The van der Waals surface area contributed by atoms with Gasteiger partial charge < -0.3 is 10.2 Å². The molecule has 1 saturated carbocycles. The van der Waals surface area contributed by atoms with Gasteiger partial charge in [0.15, 0.2) is 0 Å². The van der Waals surface area contributed by atoms with Crippen LogP contribution < -0.4 is 5.73 Å². The Bertz CT molecular complexity index is 473. The summed E-state index contributed by atoms with van der Waals surface area (Å²) in [6.07, 6.45) is 2.38. The predicted octanol–water partition coefficient (Wildman–Crippen LogP) is 1.56. The summed E-state index contributed by atoms with van der Waals surface area (Å²) in [6, 6.07) is 3.81. The second-order valence-corrected chi connectivity index (χ2v) is 3.66. The summed E-state index contributed by atoms with van der Waals surface area (Å²) in [5, 5.41) is 0. The molecule has 0 aromatic carbocycles. The van der Waals surface area contributed by atoms with Crippen LogP contribution >= 0.6 is 0 Å². The van der Waals surface area contributed by atoms with Gasteiger partial charge in [0.1, 0.15) is 5.52 Å². The summed E-state index contributed by atoms with van der Waals surface area (Å²) >= 11 is 0. The third-order valence-electron chi connectivity index (χ3n) is 2.47. The Morgan fingerprint density at radius 2 is 2.21 bits per heavy atom. The molecule has 0 unspecified atom stereocenters. The highest BCUT2D eigenvalue weighted by Crippen LogP contribution is 2.40. The van der Waals surface area contributed by atoms with Crippen LogP contribution in [0, 0.1) is 0 Å². The highest BCUT2D eigenvalue weighted by Gasteiger charge is 2.29. The maximum absolute atomic E-state index is 5.56. The molecule has 2 heterocycles. The average molecular weight is 189 g/mol. The van der Waals surface area contributed by atoms with E-state index in [0.29, 0.717) is 18.2 Å². The smallest absolute Gasteiger partial charge is 0.247 e.